The first-order chi connectivity index (χ1) is 7.69. The van der Waals surface area contributed by atoms with Crippen LogP contribution in [-0.4, -0.2) is 18.8 Å². The average molecular weight is 240 g/mol. The molecule has 1 aromatic rings. The van der Waals surface area contributed by atoms with Gasteiger partial charge in [-0.05, 0) is 24.1 Å². The fraction of sp³-hybridized carbons (Fsp3) is 0.462. The number of carbonyl (C=O) groups excluding carboxylic acids is 1. The molecule has 16 heavy (non-hydrogen) atoms. The summed E-state index contributed by atoms with van der Waals surface area (Å²) >= 11 is 5.55. The van der Waals surface area contributed by atoms with Gasteiger partial charge in [-0.15, -0.1) is 11.6 Å². The van der Waals surface area contributed by atoms with Gasteiger partial charge in [-0.2, -0.15) is 0 Å². The molecule has 0 atom stereocenters. The quantitative estimate of drug-likeness (QED) is 0.723. The van der Waals surface area contributed by atoms with Crippen LogP contribution in [-0.2, 0) is 11.2 Å². The molecule has 0 bridgehead atoms. The molecule has 0 fully saturated rings. The van der Waals surface area contributed by atoms with Gasteiger partial charge in [0, 0.05) is 25.0 Å². The molecule has 2 nitrogen and oxygen atoms in total. The van der Waals surface area contributed by atoms with Gasteiger partial charge in [0.15, 0.2) is 0 Å². The number of rotatable bonds is 5. The molecule has 0 aliphatic carbocycles. The molecule has 0 spiro atoms. The maximum Gasteiger partial charge on any atom is 0.227 e. The Morgan fingerprint density at radius 2 is 1.94 bits per heavy atom. The molecular formula is C13H18ClNO. The largest absolute Gasteiger partial charge is 0.315 e. The molecule has 0 radical (unpaired) electrons. The summed E-state index contributed by atoms with van der Waals surface area (Å²) in [5, 5.41) is 0. The van der Waals surface area contributed by atoms with E-state index in [2.05, 4.69) is 19.1 Å². The molecule has 88 valence electrons. The van der Waals surface area contributed by atoms with Gasteiger partial charge < -0.3 is 4.90 Å². The van der Waals surface area contributed by atoms with Crippen LogP contribution >= 0.6 is 11.6 Å². The molecule has 0 unspecified atom stereocenters. The minimum atomic E-state index is 0.0539. The zero-order valence-corrected chi connectivity index (χ0v) is 10.6. The summed E-state index contributed by atoms with van der Waals surface area (Å²) in [6.07, 6.45) is 2.61. The predicted octanol–water partition coefficient (Wildman–Crippen LogP) is 3.23. The molecule has 0 saturated heterocycles. The summed E-state index contributed by atoms with van der Waals surface area (Å²) in [5.74, 6) is 0.426. The lowest BCUT2D eigenvalue weighted by molar-refractivity contribution is -0.117. The van der Waals surface area contributed by atoms with Crippen LogP contribution in [0.5, 0.6) is 0 Å². The maximum absolute atomic E-state index is 11.6. The SMILES string of the molecule is CCCc1ccc(N(C)C(=O)CCCl)cc1. The van der Waals surface area contributed by atoms with Crippen LogP contribution in [0, 0.1) is 0 Å². The zero-order valence-electron chi connectivity index (χ0n) is 9.87. The van der Waals surface area contributed by atoms with Crippen molar-refractivity contribution in [3.8, 4) is 0 Å². The summed E-state index contributed by atoms with van der Waals surface area (Å²) in [4.78, 5) is 13.2. The summed E-state index contributed by atoms with van der Waals surface area (Å²) in [5.41, 5.74) is 2.24. The summed E-state index contributed by atoms with van der Waals surface area (Å²) in [6, 6.07) is 8.11. The number of hydrogen-bond donors (Lipinski definition) is 0. The number of carbonyl (C=O) groups is 1. The van der Waals surface area contributed by atoms with E-state index in [4.69, 9.17) is 11.6 Å². The Morgan fingerprint density at radius 3 is 2.44 bits per heavy atom. The van der Waals surface area contributed by atoms with Crippen LogP contribution in [0.2, 0.25) is 0 Å². The lowest BCUT2D eigenvalue weighted by Gasteiger charge is -2.17. The molecule has 0 saturated carbocycles. The average Bonchev–Trinajstić information content (AvgIpc) is 2.30. The Morgan fingerprint density at radius 1 is 1.31 bits per heavy atom. The lowest BCUT2D eigenvalue weighted by Crippen LogP contribution is -2.26. The molecule has 3 heteroatoms. The van der Waals surface area contributed by atoms with E-state index in [1.165, 1.54) is 5.56 Å². The van der Waals surface area contributed by atoms with Gasteiger partial charge >= 0.3 is 0 Å². The minimum absolute atomic E-state index is 0.0539. The van der Waals surface area contributed by atoms with Gasteiger partial charge in [-0.25, -0.2) is 0 Å². The van der Waals surface area contributed by atoms with Crippen molar-refractivity contribution in [2.24, 2.45) is 0 Å². The second-order valence-corrected chi connectivity index (χ2v) is 4.19. The van der Waals surface area contributed by atoms with Crippen LogP contribution < -0.4 is 4.90 Å². The Kier molecular flexibility index (Phi) is 5.33. The van der Waals surface area contributed by atoms with Crippen molar-refractivity contribution in [1.82, 2.24) is 0 Å². The Balaban J connectivity index is 2.69. The molecule has 1 amide bonds. The highest BCUT2D eigenvalue weighted by Crippen LogP contribution is 2.15. The van der Waals surface area contributed by atoms with Crippen LogP contribution in [0.25, 0.3) is 0 Å². The highest BCUT2D eigenvalue weighted by molar-refractivity contribution is 6.19. The summed E-state index contributed by atoms with van der Waals surface area (Å²) in [7, 11) is 1.78. The van der Waals surface area contributed by atoms with Crippen LogP contribution in [0.15, 0.2) is 24.3 Å². The fourth-order valence-corrected chi connectivity index (χ4v) is 1.73. The summed E-state index contributed by atoms with van der Waals surface area (Å²) < 4.78 is 0. The van der Waals surface area contributed by atoms with E-state index in [9.17, 15) is 4.79 Å². The Labute approximate surface area is 102 Å². The van der Waals surface area contributed by atoms with Crippen LogP contribution in [0.1, 0.15) is 25.3 Å². The fourth-order valence-electron chi connectivity index (χ4n) is 1.57. The number of amides is 1. The molecule has 1 rings (SSSR count). The van der Waals surface area contributed by atoms with E-state index in [0.717, 1.165) is 18.5 Å². The van der Waals surface area contributed by atoms with Crippen molar-refractivity contribution >= 4 is 23.2 Å². The van der Waals surface area contributed by atoms with E-state index in [-0.39, 0.29) is 5.91 Å². The zero-order chi connectivity index (χ0) is 12.0. The monoisotopic (exact) mass is 239 g/mol. The van der Waals surface area contributed by atoms with Gasteiger partial charge in [0.1, 0.15) is 0 Å². The van der Waals surface area contributed by atoms with Crippen molar-refractivity contribution in [3.63, 3.8) is 0 Å². The molecule has 0 heterocycles. The number of halogens is 1. The third kappa shape index (κ3) is 3.53. The number of benzene rings is 1. The standard InChI is InChI=1S/C13H18ClNO/c1-3-4-11-5-7-12(8-6-11)15(2)13(16)9-10-14/h5-8H,3-4,9-10H2,1-2H3. The molecule has 1 aromatic carbocycles. The highest BCUT2D eigenvalue weighted by Gasteiger charge is 2.09. The van der Waals surface area contributed by atoms with Gasteiger partial charge in [0.05, 0.1) is 0 Å². The topological polar surface area (TPSA) is 20.3 Å². The third-order valence-corrected chi connectivity index (χ3v) is 2.73. The van der Waals surface area contributed by atoms with Crippen molar-refractivity contribution in [2.75, 3.05) is 17.8 Å². The Hall–Kier alpha value is -1.02. The molecule has 0 aliphatic rings. The van der Waals surface area contributed by atoms with Crippen molar-refractivity contribution in [1.29, 1.82) is 0 Å². The van der Waals surface area contributed by atoms with Gasteiger partial charge in [0.25, 0.3) is 0 Å². The van der Waals surface area contributed by atoms with Gasteiger partial charge in [0.2, 0.25) is 5.91 Å². The van der Waals surface area contributed by atoms with Gasteiger partial charge in [-0.3, -0.25) is 4.79 Å². The first kappa shape index (κ1) is 13.0. The Bertz CT molecular complexity index is 334. The second-order valence-electron chi connectivity index (χ2n) is 3.81. The number of anilines is 1. The number of aryl methyl sites for hydroxylation is 1. The smallest absolute Gasteiger partial charge is 0.227 e. The number of alkyl halides is 1. The number of hydrogen-bond acceptors (Lipinski definition) is 1. The third-order valence-electron chi connectivity index (χ3n) is 2.54. The maximum atomic E-state index is 11.6. The minimum Gasteiger partial charge on any atom is -0.315 e. The summed E-state index contributed by atoms with van der Waals surface area (Å²) in [6.45, 7) is 2.16. The van der Waals surface area contributed by atoms with Crippen LogP contribution in [0.3, 0.4) is 0 Å². The first-order valence-corrected chi connectivity index (χ1v) is 6.14. The highest BCUT2D eigenvalue weighted by atomic mass is 35.5. The van der Waals surface area contributed by atoms with E-state index in [1.54, 1.807) is 11.9 Å². The molecule has 0 N–H and O–H groups in total. The lowest BCUT2D eigenvalue weighted by atomic mass is 10.1. The van der Waals surface area contributed by atoms with Crippen molar-refractivity contribution in [2.45, 2.75) is 26.2 Å². The molecule has 0 aromatic heterocycles. The van der Waals surface area contributed by atoms with E-state index < -0.39 is 0 Å². The predicted molar refractivity (Wildman–Crippen MR) is 69.2 cm³/mol. The van der Waals surface area contributed by atoms with Gasteiger partial charge in [-0.1, -0.05) is 25.5 Å². The molecule has 0 aliphatic heterocycles. The molecular weight excluding hydrogens is 222 g/mol. The van der Waals surface area contributed by atoms with Crippen molar-refractivity contribution < 1.29 is 4.79 Å². The van der Waals surface area contributed by atoms with Crippen LogP contribution in [0.4, 0.5) is 5.69 Å². The second kappa shape index (κ2) is 6.54. The van der Waals surface area contributed by atoms with E-state index in [1.807, 2.05) is 12.1 Å². The van der Waals surface area contributed by atoms with E-state index >= 15 is 0 Å². The normalized spacial score (nSPS) is 10.2. The number of nitrogens with zero attached hydrogens (tertiary/aromatic N) is 1. The van der Waals surface area contributed by atoms with Crippen molar-refractivity contribution in [3.05, 3.63) is 29.8 Å². The first-order valence-electron chi connectivity index (χ1n) is 5.60. The van der Waals surface area contributed by atoms with E-state index in [0.29, 0.717) is 12.3 Å².